The van der Waals surface area contributed by atoms with Crippen LogP contribution >= 0.6 is 11.6 Å². The molecule has 1 atom stereocenters. The summed E-state index contributed by atoms with van der Waals surface area (Å²) in [5.41, 5.74) is 2.38. The van der Waals surface area contributed by atoms with Gasteiger partial charge in [0.25, 0.3) is 0 Å². The van der Waals surface area contributed by atoms with Crippen LogP contribution in [0.25, 0.3) is 0 Å². The van der Waals surface area contributed by atoms with E-state index in [1.54, 1.807) is 0 Å². The molecule has 82 valence electrons. The van der Waals surface area contributed by atoms with Crippen LogP contribution in [0.15, 0.2) is 18.2 Å². The second-order valence-corrected chi connectivity index (χ2v) is 4.61. The highest BCUT2D eigenvalue weighted by atomic mass is 35.5. The van der Waals surface area contributed by atoms with Crippen LogP contribution < -0.4 is 10.2 Å². The van der Waals surface area contributed by atoms with Gasteiger partial charge in [-0.2, -0.15) is 0 Å². The van der Waals surface area contributed by atoms with Crippen molar-refractivity contribution in [2.45, 2.75) is 19.9 Å². The molecule has 1 saturated heterocycles. The van der Waals surface area contributed by atoms with Crippen molar-refractivity contribution in [3.63, 3.8) is 0 Å². The summed E-state index contributed by atoms with van der Waals surface area (Å²) in [7, 11) is 0. The number of rotatable bonds is 1. The first-order valence-corrected chi connectivity index (χ1v) is 5.80. The van der Waals surface area contributed by atoms with Crippen LogP contribution in [0.4, 0.5) is 5.69 Å². The lowest BCUT2D eigenvalue weighted by molar-refractivity contribution is 0.501. The Morgan fingerprint density at radius 3 is 2.93 bits per heavy atom. The molecule has 15 heavy (non-hydrogen) atoms. The van der Waals surface area contributed by atoms with Gasteiger partial charge in [0.2, 0.25) is 0 Å². The Kier molecular flexibility index (Phi) is 3.17. The van der Waals surface area contributed by atoms with Crippen molar-refractivity contribution in [2.75, 3.05) is 24.5 Å². The van der Waals surface area contributed by atoms with Gasteiger partial charge < -0.3 is 10.2 Å². The Hall–Kier alpha value is -0.730. The maximum atomic E-state index is 6.27. The van der Waals surface area contributed by atoms with Crippen molar-refractivity contribution in [2.24, 2.45) is 0 Å². The molecule has 0 saturated carbocycles. The van der Waals surface area contributed by atoms with Gasteiger partial charge in [-0.05, 0) is 31.5 Å². The van der Waals surface area contributed by atoms with Gasteiger partial charge >= 0.3 is 0 Å². The summed E-state index contributed by atoms with van der Waals surface area (Å²) in [4.78, 5) is 2.37. The second kappa shape index (κ2) is 4.42. The van der Waals surface area contributed by atoms with Crippen molar-refractivity contribution < 1.29 is 0 Å². The van der Waals surface area contributed by atoms with E-state index in [1.807, 2.05) is 6.07 Å². The third-order valence-corrected chi connectivity index (χ3v) is 3.22. The number of piperazine rings is 1. The summed E-state index contributed by atoms with van der Waals surface area (Å²) in [6.45, 7) is 7.39. The van der Waals surface area contributed by atoms with Gasteiger partial charge in [-0.25, -0.2) is 0 Å². The number of hydrogen-bond acceptors (Lipinski definition) is 2. The molecule has 0 radical (unpaired) electrons. The average molecular weight is 225 g/mol. The molecule has 0 unspecified atom stereocenters. The van der Waals surface area contributed by atoms with Crippen molar-refractivity contribution in [3.05, 3.63) is 28.8 Å². The van der Waals surface area contributed by atoms with Crippen LogP contribution in [0.1, 0.15) is 12.5 Å². The molecule has 1 fully saturated rings. The van der Waals surface area contributed by atoms with Crippen molar-refractivity contribution in [1.29, 1.82) is 0 Å². The van der Waals surface area contributed by atoms with Gasteiger partial charge in [-0.15, -0.1) is 0 Å². The van der Waals surface area contributed by atoms with Crippen molar-refractivity contribution >= 4 is 17.3 Å². The van der Waals surface area contributed by atoms with Crippen molar-refractivity contribution in [3.8, 4) is 0 Å². The fraction of sp³-hybridized carbons (Fsp3) is 0.500. The van der Waals surface area contributed by atoms with Crippen LogP contribution in [0.2, 0.25) is 5.02 Å². The Balaban J connectivity index is 2.27. The predicted molar refractivity (Wildman–Crippen MR) is 65.9 cm³/mol. The smallest absolute Gasteiger partial charge is 0.0642 e. The maximum absolute atomic E-state index is 6.27. The SMILES string of the molecule is Cc1ccc(N2CCNC[C@H]2C)c(Cl)c1. The highest BCUT2D eigenvalue weighted by Crippen LogP contribution is 2.28. The van der Waals surface area contributed by atoms with E-state index in [4.69, 9.17) is 11.6 Å². The van der Waals surface area contributed by atoms with Gasteiger partial charge in [0.05, 0.1) is 10.7 Å². The Morgan fingerprint density at radius 2 is 2.27 bits per heavy atom. The summed E-state index contributed by atoms with van der Waals surface area (Å²) in [6.07, 6.45) is 0. The fourth-order valence-electron chi connectivity index (χ4n) is 2.04. The molecule has 1 aromatic carbocycles. The quantitative estimate of drug-likeness (QED) is 0.789. The van der Waals surface area contributed by atoms with Gasteiger partial charge in [0, 0.05) is 25.7 Å². The third kappa shape index (κ3) is 2.27. The van der Waals surface area contributed by atoms with E-state index in [1.165, 1.54) is 5.56 Å². The number of nitrogens with one attached hydrogen (secondary N) is 1. The predicted octanol–water partition coefficient (Wildman–Crippen LogP) is 2.45. The first kappa shape index (κ1) is 10.8. The second-order valence-electron chi connectivity index (χ2n) is 4.20. The lowest BCUT2D eigenvalue weighted by atomic mass is 10.1. The molecule has 1 aromatic rings. The van der Waals surface area contributed by atoms with Crippen LogP contribution in [0.3, 0.4) is 0 Å². The highest BCUT2D eigenvalue weighted by Gasteiger charge is 2.19. The normalized spacial score (nSPS) is 21.8. The molecule has 0 aliphatic carbocycles. The fourth-order valence-corrected chi connectivity index (χ4v) is 2.39. The first-order chi connectivity index (χ1) is 7.18. The lowest BCUT2D eigenvalue weighted by Gasteiger charge is -2.36. The third-order valence-electron chi connectivity index (χ3n) is 2.91. The monoisotopic (exact) mass is 224 g/mol. The molecule has 0 bridgehead atoms. The van der Waals surface area contributed by atoms with E-state index in [-0.39, 0.29) is 0 Å². The Bertz CT molecular complexity index is 351. The Labute approximate surface area is 96.2 Å². The van der Waals surface area contributed by atoms with Crippen LogP contribution in [-0.4, -0.2) is 25.7 Å². The van der Waals surface area contributed by atoms with E-state index in [0.717, 1.165) is 30.3 Å². The largest absolute Gasteiger partial charge is 0.365 e. The number of benzene rings is 1. The van der Waals surface area contributed by atoms with E-state index in [9.17, 15) is 0 Å². The van der Waals surface area contributed by atoms with Crippen LogP contribution in [-0.2, 0) is 0 Å². The molecule has 0 amide bonds. The Morgan fingerprint density at radius 1 is 1.47 bits per heavy atom. The van der Waals surface area contributed by atoms with Gasteiger partial charge in [-0.3, -0.25) is 0 Å². The minimum Gasteiger partial charge on any atom is -0.365 e. The molecule has 0 aromatic heterocycles. The summed E-state index contributed by atoms with van der Waals surface area (Å²) in [5.74, 6) is 0. The highest BCUT2D eigenvalue weighted by molar-refractivity contribution is 6.33. The van der Waals surface area contributed by atoms with Crippen LogP contribution in [0, 0.1) is 6.92 Å². The summed E-state index contributed by atoms with van der Waals surface area (Å²) >= 11 is 6.27. The van der Waals surface area contributed by atoms with Gasteiger partial charge in [0.15, 0.2) is 0 Å². The molecular weight excluding hydrogens is 208 g/mol. The minimum atomic E-state index is 0.513. The number of anilines is 1. The van der Waals surface area contributed by atoms with E-state index < -0.39 is 0 Å². The number of aryl methyl sites for hydroxylation is 1. The molecule has 2 nitrogen and oxygen atoms in total. The van der Waals surface area contributed by atoms with Gasteiger partial charge in [-0.1, -0.05) is 17.7 Å². The van der Waals surface area contributed by atoms with Crippen LogP contribution in [0.5, 0.6) is 0 Å². The molecule has 1 aliphatic heterocycles. The standard InChI is InChI=1S/C12H17ClN2/c1-9-3-4-12(11(13)7-9)15-6-5-14-8-10(15)2/h3-4,7,10,14H,5-6,8H2,1-2H3/t10-/m1/s1. The van der Waals surface area contributed by atoms with E-state index >= 15 is 0 Å². The summed E-state index contributed by atoms with van der Waals surface area (Å²) in [6, 6.07) is 6.79. The zero-order chi connectivity index (χ0) is 10.8. The average Bonchev–Trinajstić information content (AvgIpc) is 2.20. The number of hydrogen-bond donors (Lipinski definition) is 1. The zero-order valence-electron chi connectivity index (χ0n) is 9.26. The van der Waals surface area contributed by atoms with Crippen molar-refractivity contribution in [1.82, 2.24) is 5.32 Å². The molecule has 1 N–H and O–H groups in total. The zero-order valence-corrected chi connectivity index (χ0v) is 10.0. The molecule has 1 heterocycles. The minimum absolute atomic E-state index is 0.513. The summed E-state index contributed by atoms with van der Waals surface area (Å²) < 4.78 is 0. The molecule has 3 heteroatoms. The molecule has 1 aliphatic rings. The summed E-state index contributed by atoms with van der Waals surface area (Å²) in [5, 5.41) is 4.24. The van der Waals surface area contributed by atoms with Gasteiger partial charge in [0.1, 0.15) is 0 Å². The molecule has 2 rings (SSSR count). The van der Waals surface area contributed by atoms with E-state index in [2.05, 4.69) is 36.2 Å². The number of nitrogens with zero attached hydrogens (tertiary/aromatic N) is 1. The number of halogens is 1. The molecular formula is C12H17ClN2. The first-order valence-electron chi connectivity index (χ1n) is 5.42. The lowest BCUT2D eigenvalue weighted by Crippen LogP contribution is -2.50. The van der Waals surface area contributed by atoms with E-state index in [0.29, 0.717) is 6.04 Å². The topological polar surface area (TPSA) is 15.3 Å². The molecule has 0 spiro atoms. The maximum Gasteiger partial charge on any atom is 0.0642 e.